The molecule has 0 spiro atoms. The third-order valence-corrected chi connectivity index (χ3v) is 3.65. The van der Waals surface area contributed by atoms with Crippen LogP contribution in [0.4, 0.5) is 5.69 Å². The van der Waals surface area contributed by atoms with E-state index in [-0.39, 0.29) is 0 Å². The van der Waals surface area contributed by atoms with Crippen molar-refractivity contribution in [2.75, 3.05) is 5.43 Å². The van der Waals surface area contributed by atoms with E-state index in [4.69, 9.17) is 0 Å². The van der Waals surface area contributed by atoms with Crippen molar-refractivity contribution in [2.24, 2.45) is 5.10 Å². The lowest BCUT2D eigenvalue weighted by Crippen LogP contribution is -1.88. The van der Waals surface area contributed by atoms with E-state index in [2.05, 4.69) is 45.5 Å². The number of rotatable bonds is 3. The molecule has 82 valence electrons. The molecule has 1 aromatic carbocycles. The molecule has 1 heterocycles. The average molecular weight is 295 g/mol. The summed E-state index contributed by atoms with van der Waals surface area (Å²) in [5.74, 6) is 0. The van der Waals surface area contributed by atoms with Gasteiger partial charge in [0.25, 0.3) is 0 Å². The van der Waals surface area contributed by atoms with E-state index < -0.39 is 0 Å². The monoisotopic (exact) mass is 294 g/mol. The Morgan fingerprint density at radius 3 is 2.69 bits per heavy atom. The molecule has 0 amide bonds. The van der Waals surface area contributed by atoms with Crippen LogP contribution in [0.3, 0.4) is 0 Å². The third kappa shape index (κ3) is 3.18. The molecule has 0 atom stereocenters. The average Bonchev–Trinajstić information content (AvgIpc) is 2.67. The van der Waals surface area contributed by atoms with E-state index in [1.807, 2.05) is 29.8 Å². The molecular weight excluding hydrogens is 284 g/mol. The van der Waals surface area contributed by atoms with Gasteiger partial charge in [0.1, 0.15) is 0 Å². The first-order chi connectivity index (χ1) is 7.74. The zero-order valence-corrected chi connectivity index (χ0v) is 11.2. The Labute approximate surface area is 107 Å². The highest BCUT2D eigenvalue weighted by Gasteiger charge is 1.93. The van der Waals surface area contributed by atoms with Gasteiger partial charge in [0.05, 0.1) is 11.9 Å². The number of nitrogens with one attached hydrogen (secondary N) is 1. The normalized spacial score (nSPS) is 10.9. The number of anilines is 1. The lowest BCUT2D eigenvalue weighted by Gasteiger charge is -1.99. The number of aryl methyl sites for hydroxylation is 1. The number of benzene rings is 1. The molecule has 0 saturated heterocycles. The number of nitrogens with zero attached hydrogens (tertiary/aromatic N) is 1. The van der Waals surface area contributed by atoms with Crippen LogP contribution in [0, 0.1) is 6.92 Å². The summed E-state index contributed by atoms with van der Waals surface area (Å²) in [5, 5.41) is 6.20. The van der Waals surface area contributed by atoms with Gasteiger partial charge in [-0.3, -0.25) is 5.43 Å². The van der Waals surface area contributed by atoms with Crippen molar-refractivity contribution in [2.45, 2.75) is 6.92 Å². The topological polar surface area (TPSA) is 24.4 Å². The zero-order valence-electron chi connectivity index (χ0n) is 8.77. The molecule has 2 rings (SSSR count). The van der Waals surface area contributed by atoms with Crippen LogP contribution in [0.5, 0.6) is 0 Å². The summed E-state index contributed by atoms with van der Waals surface area (Å²) in [6, 6.07) is 10.2. The molecule has 0 bridgehead atoms. The fourth-order valence-electron chi connectivity index (χ4n) is 1.19. The first-order valence-corrected chi connectivity index (χ1v) is 6.51. The highest BCUT2D eigenvalue weighted by atomic mass is 79.9. The Morgan fingerprint density at radius 1 is 1.31 bits per heavy atom. The first kappa shape index (κ1) is 11.4. The van der Waals surface area contributed by atoms with E-state index in [0.29, 0.717) is 0 Å². The predicted octanol–water partition coefficient (Wildman–Crippen LogP) is 4.27. The van der Waals surface area contributed by atoms with E-state index in [9.17, 15) is 0 Å². The van der Waals surface area contributed by atoms with Crippen molar-refractivity contribution in [3.8, 4) is 0 Å². The molecule has 0 aliphatic carbocycles. The number of hydrogen-bond acceptors (Lipinski definition) is 3. The summed E-state index contributed by atoms with van der Waals surface area (Å²) >= 11 is 5.06. The van der Waals surface area contributed by atoms with Gasteiger partial charge in [-0.15, -0.1) is 11.3 Å². The second-order valence-electron chi connectivity index (χ2n) is 3.40. The van der Waals surface area contributed by atoms with Gasteiger partial charge in [-0.2, -0.15) is 5.10 Å². The summed E-state index contributed by atoms with van der Waals surface area (Å²) in [6.07, 6.45) is 1.81. The predicted molar refractivity (Wildman–Crippen MR) is 74.4 cm³/mol. The van der Waals surface area contributed by atoms with Gasteiger partial charge in [-0.1, -0.05) is 17.7 Å². The van der Waals surface area contributed by atoms with Crippen LogP contribution in [-0.2, 0) is 0 Å². The zero-order chi connectivity index (χ0) is 11.4. The molecule has 1 aromatic heterocycles. The molecule has 0 aliphatic rings. The molecule has 0 unspecified atom stereocenters. The highest BCUT2D eigenvalue weighted by Crippen LogP contribution is 2.18. The fraction of sp³-hybridized carbons (Fsp3) is 0.0833. The largest absolute Gasteiger partial charge is 0.278 e. The molecule has 2 aromatic rings. The number of halogens is 1. The van der Waals surface area contributed by atoms with E-state index in [1.54, 1.807) is 11.3 Å². The van der Waals surface area contributed by atoms with E-state index >= 15 is 0 Å². The Balaban J connectivity index is 1.97. The Bertz CT molecular complexity index is 488. The number of hydrazone groups is 1. The van der Waals surface area contributed by atoms with Gasteiger partial charge >= 0.3 is 0 Å². The molecule has 0 fully saturated rings. The summed E-state index contributed by atoms with van der Waals surface area (Å²) in [6.45, 7) is 2.07. The Morgan fingerprint density at radius 2 is 2.06 bits per heavy atom. The summed E-state index contributed by atoms with van der Waals surface area (Å²) in [7, 11) is 0. The molecule has 1 N–H and O–H groups in total. The maximum atomic E-state index is 4.17. The van der Waals surface area contributed by atoms with Crippen molar-refractivity contribution < 1.29 is 0 Å². The molecule has 0 radical (unpaired) electrons. The SMILES string of the molecule is Cc1ccc(N/N=C\c2cc(Br)cs2)cc1. The number of hydrogen-bond donors (Lipinski definition) is 1. The lowest BCUT2D eigenvalue weighted by molar-refractivity contribution is 1.34. The summed E-state index contributed by atoms with van der Waals surface area (Å²) in [5.41, 5.74) is 5.24. The van der Waals surface area contributed by atoms with Gasteiger partial charge in [0.2, 0.25) is 0 Å². The van der Waals surface area contributed by atoms with Crippen LogP contribution in [0.2, 0.25) is 0 Å². The van der Waals surface area contributed by atoms with Gasteiger partial charge in [0, 0.05) is 14.7 Å². The number of thiophene rings is 1. The Kier molecular flexibility index (Phi) is 3.74. The van der Waals surface area contributed by atoms with Crippen molar-refractivity contribution in [1.29, 1.82) is 0 Å². The van der Waals surface area contributed by atoms with Crippen LogP contribution in [0.1, 0.15) is 10.4 Å². The van der Waals surface area contributed by atoms with Gasteiger partial charge in [0.15, 0.2) is 0 Å². The molecule has 0 saturated carbocycles. The Hall–Kier alpha value is -1.13. The minimum atomic E-state index is 0.998. The maximum Gasteiger partial charge on any atom is 0.0644 e. The van der Waals surface area contributed by atoms with Gasteiger partial charge in [-0.25, -0.2) is 0 Å². The van der Waals surface area contributed by atoms with Crippen LogP contribution >= 0.6 is 27.3 Å². The molecule has 0 aliphatic heterocycles. The standard InChI is InChI=1S/C12H11BrN2S/c1-9-2-4-11(5-3-9)15-14-7-12-6-10(13)8-16-12/h2-8,15H,1H3/b14-7-. The van der Waals surface area contributed by atoms with Crippen molar-refractivity contribution in [3.63, 3.8) is 0 Å². The maximum absolute atomic E-state index is 4.17. The molecule has 4 heteroatoms. The molecular formula is C12H11BrN2S. The summed E-state index contributed by atoms with van der Waals surface area (Å²) < 4.78 is 1.09. The quantitative estimate of drug-likeness (QED) is 0.664. The fourth-order valence-corrected chi connectivity index (χ4v) is 2.50. The van der Waals surface area contributed by atoms with E-state index in [1.165, 1.54) is 5.56 Å². The lowest BCUT2D eigenvalue weighted by atomic mass is 10.2. The second kappa shape index (κ2) is 5.27. The minimum absolute atomic E-state index is 0.998. The third-order valence-electron chi connectivity index (χ3n) is 2.02. The second-order valence-corrected chi connectivity index (χ2v) is 5.26. The highest BCUT2D eigenvalue weighted by molar-refractivity contribution is 9.10. The van der Waals surface area contributed by atoms with Gasteiger partial charge in [-0.05, 0) is 41.1 Å². The minimum Gasteiger partial charge on any atom is -0.278 e. The smallest absolute Gasteiger partial charge is 0.0644 e. The van der Waals surface area contributed by atoms with E-state index in [0.717, 1.165) is 15.0 Å². The summed E-state index contributed by atoms with van der Waals surface area (Å²) in [4.78, 5) is 1.12. The van der Waals surface area contributed by atoms with Crippen LogP contribution in [-0.4, -0.2) is 6.21 Å². The van der Waals surface area contributed by atoms with Crippen molar-refractivity contribution >= 4 is 39.2 Å². The van der Waals surface area contributed by atoms with Crippen LogP contribution < -0.4 is 5.43 Å². The van der Waals surface area contributed by atoms with Crippen LogP contribution in [0.25, 0.3) is 0 Å². The molecule has 16 heavy (non-hydrogen) atoms. The molecule has 2 nitrogen and oxygen atoms in total. The van der Waals surface area contributed by atoms with Crippen molar-refractivity contribution in [3.05, 3.63) is 50.6 Å². The van der Waals surface area contributed by atoms with Gasteiger partial charge < -0.3 is 0 Å². The van der Waals surface area contributed by atoms with Crippen LogP contribution in [0.15, 0.2) is 45.3 Å². The van der Waals surface area contributed by atoms with Crippen molar-refractivity contribution in [1.82, 2.24) is 0 Å². The first-order valence-electron chi connectivity index (χ1n) is 4.84.